The van der Waals surface area contributed by atoms with Crippen LogP contribution < -0.4 is 15.7 Å². The average Bonchev–Trinajstić information content (AvgIpc) is 2.89. The van der Waals surface area contributed by atoms with Gasteiger partial charge in [-0.25, -0.2) is 0 Å². The number of aliphatic hydroxyl groups excluding tert-OH is 1. The van der Waals surface area contributed by atoms with E-state index in [1.54, 1.807) is 48.5 Å². The van der Waals surface area contributed by atoms with Gasteiger partial charge in [-0.3, -0.25) is 14.5 Å². The van der Waals surface area contributed by atoms with E-state index in [0.717, 1.165) is 37.3 Å². The highest BCUT2D eigenvalue weighted by Crippen LogP contribution is 2.35. The van der Waals surface area contributed by atoms with Crippen molar-refractivity contribution in [2.75, 3.05) is 26.2 Å². The monoisotopic (exact) mass is 518 g/mol. The summed E-state index contributed by atoms with van der Waals surface area (Å²) in [5, 5.41) is 11.8. The third kappa shape index (κ3) is 4.82. The molecule has 0 saturated carbocycles. The van der Waals surface area contributed by atoms with Crippen LogP contribution in [-0.2, 0) is 6.54 Å². The Bertz CT molecular complexity index is 1560. The Kier molecular flexibility index (Phi) is 6.36. The first-order chi connectivity index (χ1) is 17.9. The van der Waals surface area contributed by atoms with Crippen molar-refractivity contribution in [1.29, 1.82) is 0 Å². The largest absolute Gasteiger partial charge is 0.491 e. The molecule has 0 aliphatic carbocycles. The SMILES string of the molecule is O=c1c(-c2ccc(Cl)cc2)coc2cc(OCC(O)CN3C[C@H]4C[C@@H](C3)c3cccc(=O)n3C4)ccc12. The lowest BCUT2D eigenvalue weighted by atomic mass is 9.83. The van der Waals surface area contributed by atoms with Crippen molar-refractivity contribution in [2.24, 2.45) is 5.92 Å². The van der Waals surface area contributed by atoms with Crippen LogP contribution in [0.4, 0.5) is 0 Å². The van der Waals surface area contributed by atoms with E-state index in [4.69, 9.17) is 20.8 Å². The van der Waals surface area contributed by atoms with Gasteiger partial charge in [-0.2, -0.15) is 0 Å². The van der Waals surface area contributed by atoms with E-state index in [2.05, 4.69) is 4.90 Å². The maximum atomic E-state index is 13.0. The van der Waals surface area contributed by atoms with Crippen LogP contribution in [0.15, 0.2) is 80.9 Å². The number of nitrogens with zero attached hydrogens (tertiary/aromatic N) is 2. The number of hydrogen-bond donors (Lipinski definition) is 1. The summed E-state index contributed by atoms with van der Waals surface area (Å²) in [5.41, 5.74) is 2.66. The summed E-state index contributed by atoms with van der Waals surface area (Å²) < 4.78 is 13.5. The fraction of sp³-hybridized carbons (Fsp3) is 0.310. The Morgan fingerprint density at radius 2 is 1.89 bits per heavy atom. The minimum Gasteiger partial charge on any atom is -0.491 e. The number of halogens is 1. The van der Waals surface area contributed by atoms with Gasteiger partial charge in [-0.05, 0) is 48.2 Å². The van der Waals surface area contributed by atoms with Crippen LogP contribution in [0, 0.1) is 5.92 Å². The molecule has 2 aromatic heterocycles. The molecule has 1 unspecified atom stereocenters. The van der Waals surface area contributed by atoms with E-state index >= 15 is 0 Å². The highest BCUT2D eigenvalue weighted by Gasteiger charge is 2.34. The number of pyridine rings is 1. The molecule has 37 heavy (non-hydrogen) atoms. The summed E-state index contributed by atoms with van der Waals surface area (Å²) in [5.74, 6) is 1.23. The first-order valence-electron chi connectivity index (χ1n) is 12.5. The number of likely N-dealkylation sites (tertiary alicyclic amines) is 1. The van der Waals surface area contributed by atoms with E-state index in [0.29, 0.717) is 45.7 Å². The van der Waals surface area contributed by atoms with Gasteiger partial charge in [0.25, 0.3) is 5.56 Å². The topological polar surface area (TPSA) is 84.9 Å². The maximum Gasteiger partial charge on any atom is 0.250 e. The number of ether oxygens (including phenoxy) is 1. The Morgan fingerprint density at radius 1 is 1.05 bits per heavy atom. The first kappa shape index (κ1) is 24.0. The zero-order valence-electron chi connectivity index (χ0n) is 20.2. The van der Waals surface area contributed by atoms with Crippen LogP contribution in [0.2, 0.25) is 5.02 Å². The molecule has 2 aromatic carbocycles. The summed E-state index contributed by atoms with van der Waals surface area (Å²) in [4.78, 5) is 27.5. The molecular weight excluding hydrogens is 492 g/mol. The molecule has 1 fully saturated rings. The van der Waals surface area contributed by atoms with Crippen LogP contribution >= 0.6 is 11.6 Å². The molecular formula is C29H27ClN2O5. The van der Waals surface area contributed by atoms with Gasteiger partial charge in [0.1, 0.15) is 30.3 Å². The Balaban J connectivity index is 1.10. The second-order valence-corrected chi connectivity index (χ2v) is 10.5. The van der Waals surface area contributed by atoms with Crippen molar-refractivity contribution in [3.63, 3.8) is 0 Å². The second-order valence-electron chi connectivity index (χ2n) is 10.0. The minimum absolute atomic E-state index is 0.0708. The number of aliphatic hydroxyl groups is 1. The first-order valence-corrected chi connectivity index (χ1v) is 12.9. The smallest absolute Gasteiger partial charge is 0.250 e. The lowest BCUT2D eigenvalue weighted by molar-refractivity contribution is 0.0384. The van der Waals surface area contributed by atoms with Crippen LogP contribution in [0.1, 0.15) is 18.0 Å². The second kappa shape index (κ2) is 9.82. The number of piperidine rings is 1. The third-order valence-electron chi connectivity index (χ3n) is 7.37. The summed E-state index contributed by atoms with van der Waals surface area (Å²) in [6, 6.07) is 17.6. The average molecular weight is 519 g/mol. The molecule has 4 heterocycles. The van der Waals surface area contributed by atoms with Crippen molar-refractivity contribution >= 4 is 22.6 Å². The standard InChI is InChI=1S/C29H27ClN2O5/c30-21-6-4-19(5-7-21)25-17-37-27-11-23(8-9-24(27)29(25)35)36-16-22(33)15-31-12-18-10-20(14-31)26-2-1-3-28(34)32(26)13-18/h1-9,11,17-18,20,22,33H,10,12-16H2/t18-,20+,22?/m1/s1. The summed E-state index contributed by atoms with van der Waals surface area (Å²) in [6.45, 7) is 3.02. The highest BCUT2D eigenvalue weighted by molar-refractivity contribution is 6.30. The van der Waals surface area contributed by atoms with E-state index in [-0.39, 0.29) is 17.6 Å². The van der Waals surface area contributed by atoms with E-state index in [1.807, 2.05) is 16.7 Å². The van der Waals surface area contributed by atoms with Crippen molar-refractivity contribution in [2.45, 2.75) is 25.0 Å². The molecule has 8 heteroatoms. The number of benzene rings is 2. The Hall–Kier alpha value is -3.39. The zero-order valence-corrected chi connectivity index (χ0v) is 20.9. The molecule has 190 valence electrons. The third-order valence-corrected chi connectivity index (χ3v) is 7.62. The van der Waals surface area contributed by atoms with Crippen molar-refractivity contribution in [1.82, 2.24) is 9.47 Å². The van der Waals surface area contributed by atoms with Crippen LogP contribution in [-0.4, -0.2) is 46.9 Å². The van der Waals surface area contributed by atoms with Crippen LogP contribution in [0.3, 0.4) is 0 Å². The predicted molar refractivity (Wildman–Crippen MR) is 142 cm³/mol. The lowest BCUT2D eigenvalue weighted by Crippen LogP contribution is -2.49. The van der Waals surface area contributed by atoms with Crippen molar-refractivity contribution in [3.05, 3.63) is 98.2 Å². The molecule has 6 rings (SSSR count). The normalized spacial score (nSPS) is 19.9. The number of β-amino-alcohol motifs (C(OH)–C–C–N with tert-alkyl or cyclic N) is 1. The predicted octanol–water partition coefficient (Wildman–Crippen LogP) is 4.13. The fourth-order valence-electron chi connectivity index (χ4n) is 5.71. The fourth-order valence-corrected chi connectivity index (χ4v) is 5.84. The van der Waals surface area contributed by atoms with Gasteiger partial charge in [0.05, 0.1) is 10.9 Å². The van der Waals surface area contributed by atoms with Gasteiger partial charge in [0.2, 0.25) is 0 Å². The zero-order chi connectivity index (χ0) is 25.5. The van der Waals surface area contributed by atoms with Gasteiger partial charge in [-0.15, -0.1) is 0 Å². The number of hydrogen-bond acceptors (Lipinski definition) is 6. The highest BCUT2D eigenvalue weighted by atomic mass is 35.5. The quantitative estimate of drug-likeness (QED) is 0.413. The maximum absolute atomic E-state index is 13.0. The molecule has 0 spiro atoms. The van der Waals surface area contributed by atoms with Crippen molar-refractivity contribution in [3.8, 4) is 16.9 Å². The summed E-state index contributed by atoms with van der Waals surface area (Å²) in [7, 11) is 0. The summed E-state index contributed by atoms with van der Waals surface area (Å²) >= 11 is 5.96. The minimum atomic E-state index is -0.674. The van der Waals surface area contributed by atoms with Gasteiger partial charge in [0.15, 0.2) is 5.43 Å². The number of fused-ring (bicyclic) bond motifs is 5. The molecule has 4 aromatic rings. The molecule has 1 N–H and O–H groups in total. The lowest BCUT2D eigenvalue weighted by Gasteiger charge is -2.43. The molecule has 2 aliphatic heterocycles. The number of aromatic nitrogens is 1. The van der Waals surface area contributed by atoms with Crippen LogP contribution in [0.5, 0.6) is 5.75 Å². The van der Waals surface area contributed by atoms with Crippen molar-refractivity contribution < 1.29 is 14.3 Å². The van der Waals surface area contributed by atoms with E-state index in [1.165, 1.54) is 6.26 Å². The van der Waals surface area contributed by atoms with E-state index < -0.39 is 6.10 Å². The van der Waals surface area contributed by atoms with Gasteiger partial charge >= 0.3 is 0 Å². The van der Waals surface area contributed by atoms with Gasteiger partial charge in [0, 0.05) is 54.9 Å². The molecule has 3 atom stereocenters. The molecule has 1 saturated heterocycles. The number of rotatable bonds is 6. The van der Waals surface area contributed by atoms with Crippen LogP contribution in [0.25, 0.3) is 22.1 Å². The molecule has 0 radical (unpaired) electrons. The summed E-state index contributed by atoms with van der Waals surface area (Å²) in [6.07, 6.45) is 1.85. The Labute approximate surface area is 218 Å². The van der Waals surface area contributed by atoms with E-state index in [9.17, 15) is 14.7 Å². The van der Waals surface area contributed by atoms with Gasteiger partial charge < -0.3 is 18.8 Å². The van der Waals surface area contributed by atoms with Gasteiger partial charge in [-0.1, -0.05) is 29.8 Å². The molecule has 2 bridgehead atoms. The molecule has 0 amide bonds. The Morgan fingerprint density at radius 3 is 2.73 bits per heavy atom. The molecule has 2 aliphatic rings. The molecule has 7 nitrogen and oxygen atoms in total.